The maximum atomic E-state index is 3.32. The van der Waals surface area contributed by atoms with Gasteiger partial charge in [0.2, 0.25) is 0 Å². The van der Waals surface area contributed by atoms with E-state index in [0.717, 1.165) is 6.04 Å². The zero-order valence-electron chi connectivity index (χ0n) is 9.50. The van der Waals surface area contributed by atoms with Gasteiger partial charge in [0.25, 0.3) is 0 Å². The van der Waals surface area contributed by atoms with E-state index in [2.05, 4.69) is 29.1 Å². The third kappa shape index (κ3) is 2.27. The Morgan fingerprint density at radius 2 is 2.21 bits per heavy atom. The van der Waals surface area contributed by atoms with Crippen molar-refractivity contribution in [1.82, 2.24) is 15.1 Å². The second-order valence-corrected chi connectivity index (χ2v) is 4.78. The number of hydrogen-bond donors (Lipinski definition) is 1. The monoisotopic (exact) mass is 197 g/mol. The van der Waals surface area contributed by atoms with Crippen molar-refractivity contribution in [2.45, 2.75) is 31.8 Å². The first-order valence-electron chi connectivity index (χ1n) is 5.93. The number of fused-ring (bicyclic) bond motifs is 1. The molecule has 0 aliphatic carbocycles. The minimum atomic E-state index is 0.628. The molecule has 2 saturated heterocycles. The molecule has 0 aromatic heterocycles. The second-order valence-electron chi connectivity index (χ2n) is 4.78. The summed E-state index contributed by atoms with van der Waals surface area (Å²) in [5, 5.41) is 3.32. The first-order chi connectivity index (χ1) is 6.79. The van der Waals surface area contributed by atoms with E-state index in [1.165, 1.54) is 45.6 Å². The van der Waals surface area contributed by atoms with E-state index >= 15 is 0 Å². The van der Waals surface area contributed by atoms with E-state index in [1.54, 1.807) is 0 Å². The smallest absolute Gasteiger partial charge is 0.0224 e. The van der Waals surface area contributed by atoms with Gasteiger partial charge in [-0.05, 0) is 33.4 Å². The number of nitrogens with one attached hydrogen (secondary N) is 1. The summed E-state index contributed by atoms with van der Waals surface area (Å²) >= 11 is 0. The lowest BCUT2D eigenvalue weighted by Gasteiger charge is -2.38. The van der Waals surface area contributed by atoms with Crippen molar-refractivity contribution in [3.05, 3.63) is 0 Å². The molecule has 2 aliphatic rings. The molecule has 0 spiro atoms. The highest BCUT2D eigenvalue weighted by atomic mass is 15.3. The van der Waals surface area contributed by atoms with Gasteiger partial charge < -0.3 is 5.32 Å². The first kappa shape index (κ1) is 10.4. The summed E-state index contributed by atoms with van der Waals surface area (Å²) in [6.07, 6.45) is 2.84. The summed E-state index contributed by atoms with van der Waals surface area (Å²) in [5.74, 6) is 0. The first-order valence-corrected chi connectivity index (χ1v) is 5.93. The van der Waals surface area contributed by atoms with Crippen molar-refractivity contribution in [3.8, 4) is 0 Å². The molecule has 2 fully saturated rings. The molecule has 0 saturated carbocycles. The minimum Gasteiger partial charge on any atom is -0.316 e. The number of rotatable bonds is 3. The summed E-state index contributed by atoms with van der Waals surface area (Å²) in [7, 11) is 2.05. The summed E-state index contributed by atoms with van der Waals surface area (Å²) < 4.78 is 0. The van der Waals surface area contributed by atoms with Crippen LogP contribution >= 0.6 is 0 Å². The van der Waals surface area contributed by atoms with E-state index in [0.29, 0.717) is 6.04 Å². The molecule has 2 unspecified atom stereocenters. The van der Waals surface area contributed by atoms with E-state index in [-0.39, 0.29) is 0 Å². The van der Waals surface area contributed by atoms with E-state index in [9.17, 15) is 0 Å². The van der Waals surface area contributed by atoms with Gasteiger partial charge in [0.05, 0.1) is 0 Å². The van der Waals surface area contributed by atoms with Gasteiger partial charge in [0.1, 0.15) is 0 Å². The maximum absolute atomic E-state index is 3.32. The lowest BCUT2D eigenvalue weighted by atomic mass is 10.1. The third-order valence-corrected chi connectivity index (χ3v) is 3.70. The maximum Gasteiger partial charge on any atom is 0.0224 e. The molecular weight excluding hydrogens is 174 g/mol. The van der Waals surface area contributed by atoms with E-state index in [1.807, 2.05) is 0 Å². The normalized spacial score (nSPS) is 31.7. The quantitative estimate of drug-likeness (QED) is 0.705. The second kappa shape index (κ2) is 4.60. The Balaban J connectivity index is 1.79. The van der Waals surface area contributed by atoms with Crippen LogP contribution in [0.5, 0.6) is 0 Å². The molecule has 2 aliphatic heterocycles. The van der Waals surface area contributed by atoms with Gasteiger partial charge in [-0.3, -0.25) is 9.80 Å². The highest BCUT2D eigenvalue weighted by molar-refractivity contribution is 4.87. The SMILES string of the molecule is CNC(C)CN1CCN2CCCC2C1. The molecule has 0 aromatic rings. The van der Waals surface area contributed by atoms with Gasteiger partial charge in [-0.15, -0.1) is 0 Å². The van der Waals surface area contributed by atoms with E-state index < -0.39 is 0 Å². The number of nitrogens with zero attached hydrogens (tertiary/aromatic N) is 2. The molecule has 14 heavy (non-hydrogen) atoms. The highest BCUT2D eigenvalue weighted by Gasteiger charge is 2.30. The van der Waals surface area contributed by atoms with Crippen LogP contribution in [-0.4, -0.2) is 61.7 Å². The lowest BCUT2D eigenvalue weighted by Crippen LogP contribution is -2.52. The molecule has 0 amide bonds. The summed E-state index contributed by atoms with van der Waals surface area (Å²) in [5.41, 5.74) is 0. The van der Waals surface area contributed by atoms with Crippen LogP contribution in [0.1, 0.15) is 19.8 Å². The minimum absolute atomic E-state index is 0.628. The van der Waals surface area contributed by atoms with Gasteiger partial charge in [-0.1, -0.05) is 0 Å². The third-order valence-electron chi connectivity index (χ3n) is 3.70. The number of likely N-dealkylation sites (N-methyl/N-ethyl adjacent to an activating group) is 1. The van der Waals surface area contributed by atoms with Crippen LogP contribution in [-0.2, 0) is 0 Å². The molecule has 2 atom stereocenters. The van der Waals surface area contributed by atoms with Crippen molar-refractivity contribution >= 4 is 0 Å². The van der Waals surface area contributed by atoms with Crippen molar-refractivity contribution in [3.63, 3.8) is 0 Å². The van der Waals surface area contributed by atoms with Gasteiger partial charge >= 0.3 is 0 Å². The molecule has 0 radical (unpaired) electrons. The van der Waals surface area contributed by atoms with Crippen LogP contribution in [0.3, 0.4) is 0 Å². The number of hydrogen-bond acceptors (Lipinski definition) is 3. The summed E-state index contributed by atoms with van der Waals surface area (Å²) in [6, 6.07) is 1.50. The predicted octanol–water partition coefficient (Wildman–Crippen LogP) is 0.374. The molecule has 1 N–H and O–H groups in total. The fraction of sp³-hybridized carbons (Fsp3) is 1.00. The molecule has 82 valence electrons. The van der Waals surface area contributed by atoms with Crippen LogP contribution < -0.4 is 5.32 Å². The fourth-order valence-corrected chi connectivity index (χ4v) is 2.70. The van der Waals surface area contributed by atoms with Crippen LogP contribution in [0.25, 0.3) is 0 Å². The fourth-order valence-electron chi connectivity index (χ4n) is 2.70. The van der Waals surface area contributed by atoms with E-state index in [4.69, 9.17) is 0 Å². The van der Waals surface area contributed by atoms with Crippen molar-refractivity contribution in [2.24, 2.45) is 0 Å². The highest BCUT2D eigenvalue weighted by Crippen LogP contribution is 2.21. The van der Waals surface area contributed by atoms with Gasteiger partial charge in [-0.2, -0.15) is 0 Å². The predicted molar refractivity (Wildman–Crippen MR) is 59.6 cm³/mol. The van der Waals surface area contributed by atoms with Gasteiger partial charge in [0, 0.05) is 38.3 Å². The average Bonchev–Trinajstić information content (AvgIpc) is 2.64. The molecule has 3 nitrogen and oxygen atoms in total. The van der Waals surface area contributed by atoms with Crippen molar-refractivity contribution in [2.75, 3.05) is 39.8 Å². The van der Waals surface area contributed by atoms with Crippen LogP contribution in [0.4, 0.5) is 0 Å². The molecular formula is C11H23N3. The Morgan fingerprint density at radius 1 is 1.36 bits per heavy atom. The Kier molecular flexibility index (Phi) is 3.42. The molecule has 3 heteroatoms. The van der Waals surface area contributed by atoms with Crippen molar-refractivity contribution in [1.29, 1.82) is 0 Å². The molecule has 0 aromatic carbocycles. The van der Waals surface area contributed by atoms with Crippen LogP contribution in [0.2, 0.25) is 0 Å². The zero-order valence-corrected chi connectivity index (χ0v) is 9.50. The summed E-state index contributed by atoms with van der Waals surface area (Å²) in [6.45, 7) is 8.68. The molecule has 2 heterocycles. The van der Waals surface area contributed by atoms with Gasteiger partial charge in [0.15, 0.2) is 0 Å². The Bertz CT molecular complexity index is 183. The Morgan fingerprint density at radius 3 is 3.00 bits per heavy atom. The largest absolute Gasteiger partial charge is 0.316 e. The summed E-state index contributed by atoms with van der Waals surface area (Å²) in [4.78, 5) is 5.29. The zero-order chi connectivity index (χ0) is 9.97. The molecule has 0 bridgehead atoms. The Labute approximate surface area is 87.4 Å². The number of piperazine rings is 1. The topological polar surface area (TPSA) is 18.5 Å². The average molecular weight is 197 g/mol. The van der Waals surface area contributed by atoms with Crippen LogP contribution in [0, 0.1) is 0 Å². The lowest BCUT2D eigenvalue weighted by molar-refractivity contribution is 0.0987. The van der Waals surface area contributed by atoms with Gasteiger partial charge in [-0.25, -0.2) is 0 Å². The Hall–Kier alpha value is -0.120. The van der Waals surface area contributed by atoms with Crippen molar-refractivity contribution < 1.29 is 0 Å². The standard InChI is InChI=1S/C11H23N3/c1-10(12-2)8-13-6-7-14-5-3-4-11(14)9-13/h10-12H,3-9H2,1-2H3. The van der Waals surface area contributed by atoms with Crippen LogP contribution in [0.15, 0.2) is 0 Å². The molecule has 2 rings (SSSR count).